The van der Waals surface area contributed by atoms with E-state index in [0.717, 1.165) is 0 Å². The van der Waals surface area contributed by atoms with Crippen LogP contribution in [0.5, 0.6) is 0 Å². The van der Waals surface area contributed by atoms with Gasteiger partial charge in [-0.1, -0.05) is 34.6 Å². The van der Waals surface area contributed by atoms with Crippen LogP contribution in [-0.4, -0.2) is 21.5 Å². The van der Waals surface area contributed by atoms with E-state index in [-0.39, 0.29) is 22.9 Å². The summed E-state index contributed by atoms with van der Waals surface area (Å²) in [5.41, 5.74) is -0.384. The van der Waals surface area contributed by atoms with Gasteiger partial charge in [0.2, 0.25) is 0 Å². The molecule has 4 heteroatoms. The van der Waals surface area contributed by atoms with E-state index in [0.29, 0.717) is 5.69 Å². The minimum Gasteiger partial charge on any atom is -0.298 e. The lowest BCUT2D eigenvalue weighted by Gasteiger charge is -2.36. The molecule has 0 bridgehead atoms. The number of carbonyl (C=O) groups is 2. The molecule has 1 saturated carbocycles. The van der Waals surface area contributed by atoms with Gasteiger partial charge in [-0.15, -0.1) is 0 Å². The van der Waals surface area contributed by atoms with Gasteiger partial charge in [-0.2, -0.15) is 0 Å². The van der Waals surface area contributed by atoms with Crippen LogP contribution in [0.15, 0.2) is 18.6 Å². The quantitative estimate of drug-likeness (QED) is 0.605. The normalized spacial score (nSPS) is 28.4. The van der Waals surface area contributed by atoms with Gasteiger partial charge < -0.3 is 0 Å². The first kappa shape index (κ1) is 13.8. The molecule has 1 aromatic heterocycles. The summed E-state index contributed by atoms with van der Waals surface area (Å²) >= 11 is 0. The van der Waals surface area contributed by atoms with Crippen molar-refractivity contribution in [3.63, 3.8) is 0 Å². The Bertz CT molecular complexity index is 520. The predicted octanol–water partition coefficient (Wildman–Crippen LogP) is 2.55. The Hall–Kier alpha value is -1.58. The lowest BCUT2D eigenvalue weighted by molar-refractivity contribution is -0.128. The van der Waals surface area contributed by atoms with Gasteiger partial charge in [-0.25, -0.2) is 9.97 Å². The predicted molar refractivity (Wildman–Crippen MR) is 71.6 cm³/mol. The van der Waals surface area contributed by atoms with Crippen molar-refractivity contribution in [3.05, 3.63) is 24.3 Å². The Morgan fingerprint density at radius 2 is 1.89 bits per heavy atom. The van der Waals surface area contributed by atoms with Gasteiger partial charge in [-0.3, -0.25) is 9.59 Å². The average Bonchev–Trinajstić information content (AvgIpc) is 2.49. The van der Waals surface area contributed by atoms with Gasteiger partial charge in [0, 0.05) is 11.6 Å². The summed E-state index contributed by atoms with van der Waals surface area (Å²) in [5, 5.41) is 0. The molecule has 1 unspecified atom stereocenters. The van der Waals surface area contributed by atoms with Crippen molar-refractivity contribution in [2.45, 2.75) is 34.6 Å². The first-order valence-corrected chi connectivity index (χ1v) is 6.56. The highest BCUT2D eigenvalue weighted by Gasteiger charge is 2.60. The fourth-order valence-electron chi connectivity index (χ4n) is 2.86. The van der Waals surface area contributed by atoms with Gasteiger partial charge in [0.05, 0.1) is 5.92 Å². The van der Waals surface area contributed by atoms with E-state index in [1.807, 2.05) is 20.8 Å². The topological polar surface area (TPSA) is 59.9 Å². The van der Waals surface area contributed by atoms with E-state index in [1.54, 1.807) is 6.07 Å². The molecule has 2 atom stereocenters. The maximum Gasteiger partial charge on any atom is 0.192 e. The van der Waals surface area contributed by atoms with E-state index in [2.05, 4.69) is 23.8 Å². The van der Waals surface area contributed by atoms with Crippen LogP contribution in [0, 0.1) is 22.7 Å². The number of hydrogen-bond acceptors (Lipinski definition) is 4. The lowest BCUT2D eigenvalue weighted by Crippen LogP contribution is -2.34. The van der Waals surface area contributed by atoms with Crippen molar-refractivity contribution >= 4 is 11.6 Å². The molecule has 0 N–H and O–H groups in total. The number of rotatable bonds is 2. The largest absolute Gasteiger partial charge is 0.298 e. The average molecular weight is 260 g/mol. The SMILES string of the molecule is C[C@H]1C(C(=O)c2ccncn2)C(=O)C(C)(C)C1(C)C. The van der Waals surface area contributed by atoms with Crippen LogP contribution < -0.4 is 0 Å². The fraction of sp³-hybridized carbons (Fsp3) is 0.600. The Balaban J connectivity index is 2.42. The standard InChI is InChI=1S/C15H20N2O2/c1-9-11(12(18)10-6-7-16-8-17-10)13(19)15(4,5)14(9,2)3/h6-9,11H,1-5H3/t9-,11?/m0/s1. The zero-order valence-corrected chi connectivity index (χ0v) is 12.1. The lowest BCUT2D eigenvalue weighted by atomic mass is 9.67. The Morgan fingerprint density at radius 3 is 2.32 bits per heavy atom. The second kappa shape index (κ2) is 4.22. The molecule has 102 valence electrons. The summed E-state index contributed by atoms with van der Waals surface area (Å²) in [6, 6.07) is 1.57. The van der Waals surface area contributed by atoms with Gasteiger partial charge >= 0.3 is 0 Å². The molecule has 19 heavy (non-hydrogen) atoms. The van der Waals surface area contributed by atoms with Crippen LogP contribution in [0.3, 0.4) is 0 Å². The summed E-state index contributed by atoms with van der Waals surface area (Å²) in [5.74, 6) is -0.760. The summed E-state index contributed by atoms with van der Waals surface area (Å²) in [4.78, 5) is 32.9. The first-order valence-electron chi connectivity index (χ1n) is 6.56. The molecule has 1 aliphatic carbocycles. The molecule has 0 amide bonds. The molecule has 1 heterocycles. The number of aromatic nitrogens is 2. The molecular formula is C15H20N2O2. The highest BCUT2D eigenvalue weighted by atomic mass is 16.2. The Labute approximate surface area is 113 Å². The minimum atomic E-state index is -0.597. The number of nitrogens with zero attached hydrogens (tertiary/aromatic N) is 2. The van der Waals surface area contributed by atoms with E-state index >= 15 is 0 Å². The molecule has 0 aliphatic heterocycles. The van der Waals surface area contributed by atoms with Crippen molar-refractivity contribution in [2.75, 3.05) is 0 Å². The highest BCUT2D eigenvalue weighted by Crippen LogP contribution is 2.56. The second-order valence-electron chi connectivity index (χ2n) is 6.44. The Morgan fingerprint density at radius 1 is 1.26 bits per heavy atom. The molecule has 0 spiro atoms. The molecule has 1 aromatic rings. The van der Waals surface area contributed by atoms with Gasteiger partial charge in [0.1, 0.15) is 17.8 Å². The number of carbonyl (C=O) groups excluding carboxylic acids is 2. The molecular weight excluding hydrogens is 240 g/mol. The third-order valence-electron chi connectivity index (χ3n) is 5.26. The first-order chi connectivity index (χ1) is 8.71. The molecule has 0 radical (unpaired) electrons. The molecule has 2 rings (SSSR count). The summed E-state index contributed by atoms with van der Waals surface area (Å²) in [7, 11) is 0. The maximum atomic E-state index is 12.6. The van der Waals surface area contributed by atoms with E-state index in [4.69, 9.17) is 0 Å². The van der Waals surface area contributed by atoms with E-state index < -0.39 is 11.3 Å². The number of hydrogen-bond donors (Lipinski definition) is 0. The zero-order valence-electron chi connectivity index (χ0n) is 12.1. The number of ketones is 2. The summed E-state index contributed by atoms with van der Waals surface area (Å²) in [6.07, 6.45) is 2.87. The molecule has 4 nitrogen and oxygen atoms in total. The third kappa shape index (κ3) is 1.81. The zero-order chi connectivity index (χ0) is 14.4. The van der Waals surface area contributed by atoms with Crippen LogP contribution in [-0.2, 0) is 4.79 Å². The van der Waals surface area contributed by atoms with E-state index in [9.17, 15) is 9.59 Å². The molecule has 0 aromatic carbocycles. The van der Waals surface area contributed by atoms with Crippen LogP contribution >= 0.6 is 0 Å². The monoisotopic (exact) mass is 260 g/mol. The van der Waals surface area contributed by atoms with Gasteiger partial charge in [-0.05, 0) is 17.4 Å². The minimum absolute atomic E-state index is 0.00235. The Kier molecular flexibility index (Phi) is 3.07. The van der Waals surface area contributed by atoms with Crippen molar-refractivity contribution < 1.29 is 9.59 Å². The summed E-state index contributed by atoms with van der Waals surface area (Å²) < 4.78 is 0. The van der Waals surface area contributed by atoms with Crippen LogP contribution in [0.25, 0.3) is 0 Å². The van der Waals surface area contributed by atoms with Crippen LogP contribution in [0.4, 0.5) is 0 Å². The maximum absolute atomic E-state index is 12.6. The molecule has 1 aliphatic rings. The molecule has 1 fully saturated rings. The van der Waals surface area contributed by atoms with Crippen molar-refractivity contribution in [1.29, 1.82) is 0 Å². The van der Waals surface area contributed by atoms with Crippen molar-refractivity contribution in [1.82, 2.24) is 9.97 Å². The van der Waals surface area contributed by atoms with E-state index in [1.165, 1.54) is 12.5 Å². The summed E-state index contributed by atoms with van der Waals surface area (Å²) in [6.45, 7) is 9.96. The highest BCUT2D eigenvalue weighted by molar-refractivity contribution is 6.13. The van der Waals surface area contributed by atoms with Crippen molar-refractivity contribution in [2.24, 2.45) is 22.7 Å². The smallest absolute Gasteiger partial charge is 0.192 e. The van der Waals surface area contributed by atoms with Crippen molar-refractivity contribution in [3.8, 4) is 0 Å². The van der Waals surface area contributed by atoms with Crippen LogP contribution in [0.2, 0.25) is 0 Å². The van der Waals surface area contributed by atoms with Crippen LogP contribution in [0.1, 0.15) is 45.1 Å². The molecule has 0 saturated heterocycles. The third-order valence-corrected chi connectivity index (χ3v) is 5.26. The second-order valence-corrected chi connectivity index (χ2v) is 6.44. The van der Waals surface area contributed by atoms with Gasteiger partial charge in [0.15, 0.2) is 5.78 Å². The fourth-order valence-corrected chi connectivity index (χ4v) is 2.86. The van der Waals surface area contributed by atoms with Gasteiger partial charge in [0.25, 0.3) is 0 Å². The number of Topliss-reactive ketones (excluding diaryl/α,β-unsaturated/α-hetero) is 2.